The standard InChI is InChI=1S/C8H10.C7H14O.CHNO2/c1-7-3-5-8(2)6-4-7;1-4-7(3,5-2)6-8;3-1-2-4/h3-6H,1-2H3;6H,4-5H2,1-3H3;1H. The van der Waals surface area contributed by atoms with E-state index in [1.54, 1.807) is 5.18 Å². The van der Waals surface area contributed by atoms with Crippen molar-refractivity contribution in [3.05, 3.63) is 40.3 Å². The molecule has 0 aliphatic rings. The average molecular weight is 279 g/mol. The molecule has 0 heterocycles. The van der Waals surface area contributed by atoms with Gasteiger partial charge < -0.3 is 4.79 Å². The molecule has 0 radical (unpaired) electrons. The van der Waals surface area contributed by atoms with Gasteiger partial charge in [-0.15, -0.1) is 4.91 Å². The zero-order chi connectivity index (χ0) is 16.0. The minimum Gasteiger partial charge on any atom is -0.303 e. The zero-order valence-corrected chi connectivity index (χ0v) is 13.1. The van der Waals surface area contributed by atoms with Gasteiger partial charge in [0.2, 0.25) is 0 Å². The molecule has 0 fully saturated rings. The Balaban J connectivity index is 0. The molecule has 0 aliphatic heterocycles. The summed E-state index contributed by atoms with van der Waals surface area (Å²) in [7, 11) is 0. The molecule has 4 heteroatoms. The van der Waals surface area contributed by atoms with Crippen LogP contribution in [0.5, 0.6) is 0 Å². The number of nitroso groups, excluding NO2 is 1. The predicted molar refractivity (Wildman–Crippen MR) is 82.5 cm³/mol. The zero-order valence-electron chi connectivity index (χ0n) is 13.1. The first-order chi connectivity index (χ1) is 9.38. The van der Waals surface area contributed by atoms with Gasteiger partial charge in [-0.05, 0) is 26.7 Å². The first kappa shape index (κ1) is 20.5. The van der Waals surface area contributed by atoms with E-state index in [0.717, 1.165) is 19.1 Å². The summed E-state index contributed by atoms with van der Waals surface area (Å²) in [6.07, 6.45) is 2.90. The van der Waals surface area contributed by atoms with Crippen molar-refractivity contribution in [2.24, 2.45) is 10.6 Å². The fourth-order valence-electron chi connectivity index (χ4n) is 1.05. The highest BCUT2D eigenvalue weighted by molar-refractivity contribution is 5.58. The maximum absolute atomic E-state index is 10.3. The van der Waals surface area contributed by atoms with Crippen LogP contribution < -0.4 is 0 Å². The van der Waals surface area contributed by atoms with E-state index >= 15 is 0 Å². The summed E-state index contributed by atoms with van der Waals surface area (Å²) in [5.41, 5.74) is 2.60. The summed E-state index contributed by atoms with van der Waals surface area (Å²) < 4.78 is 0. The van der Waals surface area contributed by atoms with Crippen molar-refractivity contribution in [3.63, 3.8) is 0 Å². The molecule has 0 unspecified atom stereocenters. The third-order valence-electron chi connectivity index (χ3n) is 3.16. The number of hydrogen-bond acceptors (Lipinski definition) is 3. The monoisotopic (exact) mass is 279 g/mol. The molecule has 20 heavy (non-hydrogen) atoms. The van der Waals surface area contributed by atoms with Gasteiger partial charge in [-0.25, -0.2) is 0 Å². The molecule has 1 aromatic rings. The fraction of sp³-hybridized carbons (Fsp3) is 0.500. The topological polar surface area (TPSA) is 63.6 Å². The van der Waals surface area contributed by atoms with E-state index in [1.807, 2.05) is 20.8 Å². The summed E-state index contributed by atoms with van der Waals surface area (Å²) in [6, 6.07) is 8.48. The molecule has 0 bridgehead atoms. The SMILES string of the molecule is CCC(C)(C=O)CC.Cc1ccc(C)cc1.O=CN=O. The van der Waals surface area contributed by atoms with Gasteiger partial charge >= 0.3 is 0 Å². The number of nitrogens with zero attached hydrogens (tertiary/aromatic N) is 1. The largest absolute Gasteiger partial charge is 0.303 e. The highest BCUT2D eigenvalue weighted by Gasteiger charge is 2.16. The summed E-state index contributed by atoms with van der Waals surface area (Å²) in [6.45, 7) is 10.3. The lowest BCUT2D eigenvalue weighted by Gasteiger charge is -2.16. The molecule has 4 nitrogen and oxygen atoms in total. The van der Waals surface area contributed by atoms with Crippen molar-refractivity contribution in [2.75, 3.05) is 0 Å². The minimum absolute atomic E-state index is 0.0556. The second kappa shape index (κ2) is 12.2. The van der Waals surface area contributed by atoms with Gasteiger partial charge in [0.25, 0.3) is 6.41 Å². The summed E-state index contributed by atoms with van der Waals surface area (Å²) in [4.78, 5) is 27.5. The Bertz CT molecular complexity index is 354. The summed E-state index contributed by atoms with van der Waals surface area (Å²) in [5, 5.41) is 1.81. The molecular weight excluding hydrogens is 254 g/mol. The van der Waals surface area contributed by atoms with E-state index in [1.165, 1.54) is 11.1 Å². The van der Waals surface area contributed by atoms with Crippen molar-refractivity contribution in [1.29, 1.82) is 0 Å². The van der Waals surface area contributed by atoms with Crippen LogP contribution >= 0.6 is 0 Å². The molecule has 0 aliphatic carbocycles. The van der Waals surface area contributed by atoms with Crippen LogP contribution in [0, 0.1) is 24.2 Å². The first-order valence-corrected chi connectivity index (χ1v) is 6.64. The van der Waals surface area contributed by atoms with Crippen molar-refractivity contribution >= 4 is 12.7 Å². The van der Waals surface area contributed by atoms with E-state index in [0.29, 0.717) is 0 Å². The van der Waals surface area contributed by atoms with Gasteiger partial charge in [0.15, 0.2) is 0 Å². The Kier molecular flexibility index (Phi) is 12.5. The number of hydrogen-bond donors (Lipinski definition) is 0. The minimum atomic E-state index is -0.0556. The van der Waals surface area contributed by atoms with Crippen LogP contribution in [0.2, 0.25) is 0 Å². The second-order valence-corrected chi connectivity index (χ2v) is 4.84. The van der Waals surface area contributed by atoms with Gasteiger partial charge in [0.05, 0.1) is 0 Å². The number of aldehydes is 1. The predicted octanol–water partition coefficient (Wildman–Crippen LogP) is 4.22. The van der Waals surface area contributed by atoms with Gasteiger partial charge in [0, 0.05) is 10.6 Å². The summed E-state index contributed by atoms with van der Waals surface area (Å²) >= 11 is 0. The van der Waals surface area contributed by atoms with E-state index < -0.39 is 0 Å². The molecule has 1 rings (SSSR count). The molecule has 1 aromatic carbocycles. The number of carbonyl (C=O) groups is 2. The second-order valence-electron chi connectivity index (χ2n) is 4.84. The van der Waals surface area contributed by atoms with Crippen LogP contribution in [0.15, 0.2) is 29.4 Å². The third-order valence-corrected chi connectivity index (χ3v) is 3.16. The number of benzene rings is 1. The van der Waals surface area contributed by atoms with E-state index in [4.69, 9.17) is 9.70 Å². The fourth-order valence-corrected chi connectivity index (χ4v) is 1.05. The molecular formula is C16H25NO3. The molecule has 0 saturated heterocycles. The molecule has 1 amide bonds. The van der Waals surface area contributed by atoms with E-state index in [-0.39, 0.29) is 11.8 Å². The average Bonchev–Trinajstić information content (AvgIpc) is 2.50. The molecule has 112 valence electrons. The Morgan fingerprint density at radius 2 is 1.30 bits per heavy atom. The number of aryl methyl sites for hydroxylation is 2. The highest BCUT2D eigenvalue weighted by Crippen LogP contribution is 2.20. The summed E-state index contributed by atoms with van der Waals surface area (Å²) in [5.74, 6) is 0. The van der Waals surface area contributed by atoms with Crippen LogP contribution in [0.4, 0.5) is 0 Å². The third kappa shape index (κ3) is 11.3. The molecule has 0 aromatic heterocycles. The molecule has 0 saturated carbocycles. The molecule has 0 spiro atoms. The lowest BCUT2D eigenvalue weighted by Crippen LogP contribution is -2.14. The van der Waals surface area contributed by atoms with Gasteiger partial charge in [0.1, 0.15) is 6.29 Å². The lowest BCUT2D eigenvalue weighted by molar-refractivity contribution is -0.115. The Hall–Kier alpha value is -1.84. The van der Waals surface area contributed by atoms with Gasteiger partial charge in [-0.3, -0.25) is 4.79 Å². The van der Waals surface area contributed by atoms with Crippen LogP contribution in [0.1, 0.15) is 44.7 Å². The normalized spacial score (nSPS) is 9.25. The van der Waals surface area contributed by atoms with Crippen LogP contribution in [-0.4, -0.2) is 12.7 Å². The molecule has 0 atom stereocenters. The van der Waals surface area contributed by atoms with Crippen LogP contribution in [-0.2, 0) is 9.59 Å². The van der Waals surface area contributed by atoms with Crippen molar-refractivity contribution in [3.8, 4) is 0 Å². The van der Waals surface area contributed by atoms with E-state index in [9.17, 15) is 4.79 Å². The van der Waals surface area contributed by atoms with Crippen LogP contribution in [0.3, 0.4) is 0 Å². The van der Waals surface area contributed by atoms with Crippen molar-refractivity contribution in [2.45, 2.75) is 47.5 Å². The Labute approximate surface area is 121 Å². The van der Waals surface area contributed by atoms with E-state index in [2.05, 4.69) is 38.1 Å². The quantitative estimate of drug-likeness (QED) is 0.612. The van der Waals surface area contributed by atoms with Crippen molar-refractivity contribution in [1.82, 2.24) is 0 Å². The van der Waals surface area contributed by atoms with Gasteiger partial charge in [-0.2, -0.15) is 0 Å². The highest BCUT2D eigenvalue weighted by atomic mass is 16.3. The number of amides is 1. The smallest absolute Gasteiger partial charge is 0.274 e. The Morgan fingerprint density at radius 3 is 1.40 bits per heavy atom. The Morgan fingerprint density at radius 1 is 1.00 bits per heavy atom. The maximum atomic E-state index is 10.3. The lowest BCUT2D eigenvalue weighted by atomic mass is 9.87. The maximum Gasteiger partial charge on any atom is 0.274 e. The van der Waals surface area contributed by atoms with Crippen molar-refractivity contribution < 1.29 is 9.59 Å². The van der Waals surface area contributed by atoms with Gasteiger partial charge in [-0.1, -0.05) is 56.2 Å². The number of carbonyl (C=O) groups excluding carboxylic acids is 2. The van der Waals surface area contributed by atoms with Crippen LogP contribution in [0.25, 0.3) is 0 Å². The number of rotatable bonds is 4. The molecule has 0 N–H and O–H groups in total. The first-order valence-electron chi connectivity index (χ1n) is 6.64.